The molecule has 0 aromatic heterocycles. The minimum absolute atomic E-state index is 0.0288. The number of hydrogen-bond acceptors (Lipinski definition) is 4. The van der Waals surface area contributed by atoms with Crippen molar-refractivity contribution in [2.24, 2.45) is 0 Å². The SMILES string of the molecule is COc1ccc(CNCc2cc(NC(C)=O)cc(C(=O)N3CCCC3)c2)cc1. The summed E-state index contributed by atoms with van der Waals surface area (Å²) in [6.07, 6.45) is 2.10. The van der Waals surface area contributed by atoms with Crippen LogP contribution in [0.5, 0.6) is 5.75 Å². The molecule has 28 heavy (non-hydrogen) atoms. The molecule has 1 heterocycles. The van der Waals surface area contributed by atoms with Gasteiger partial charge >= 0.3 is 0 Å². The van der Waals surface area contributed by atoms with Crippen LogP contribution in [-0.2, 0) is 17.9 Å². The summed E-state index contributed by atoms with van der Waals surface area (Å²) in [5.41, 5.74) is 3.38. The van der Waals surface area contributed by atoms with Gasteiger partial charge in [0.25, 0.3) is 5.91 Å². The van der Waals surface area contributed by atoms with Crippen molar-refractivity contribution in [1.82, 2.24) is 10.2 Å². The molecule has 0 spiro atoms. The van der Waals surface area contributed by atoms with Crippen LogP contribution in [0, 0.1) is 0 Å². The van der Waals surface area contributed by atoms with Crippen molar-refractivity contribution >= 4 is 17.5 Å². The number of amides is 2. The van der Waals surface area contributed by atoms with E-state index in [9.17, 15) is 9.59 Å². The second-order valence-electron chi connectivity index (χ2n) is 7.05. The van der Waals surface area contributed by atoms with E-state index < -0.39 is 0 Å². The van der Waals surface area contributed by atoms with Gasteiger partial charge in [-0.2, -0.15) is 0 Å². The van der Waals surface area contributed by atoms with Gasteiger partial charge in [-0.05, 0) is 54.3 Å². The predicted molar refractivity (Wildman–Crippen MR) is 109 cm³/mol. The molecule has 0 unspecified atom stereocenters. The average Bonchev–Trinajstić information content (AvgIpc) is 3.22. The lowest BCUT2D eigenvalue weighted by atomic mass is 10.1. The topological polar surface area (TPSA) is 70.7 Å². The van der Waals surface area contributed by atoms with Crippen LogP contribution in [0.15, 0.2) is 42.5 Å². The molecule has 0 aliphatic carbocycles. The zero-order valence-electron chi connectivity index (χ0n) is 16.5. The first kappa shape index (κ1) is 19.9. The summed E-state index contributed by atoms with van der Waals surface area (Å²) in [6.45, 7) is 4.36. The molecule has 6 nitrogen and oxygen atoms in total. The number of anilines is 1. The maximum atomic E-state index is 12.8. The van der Waals surface area contributed by atoms with E-state index in [1.165, 1.54) is 6.92 Å². The van der Waals surface area contributed by atoms with E-state index in [0.29, 0.717) is 24.3 Å². The minimum atomic E-state index is -0.150. The Morgan fingerprint density at radius 2 is 1.68 bits per heavy atom. The molecule has 1 aliphatic heterocycles. The summed E-state index contributed by atoms with van der Waals surface area (Å²) in [5, 5.41) is 6.19. The maximum Gasteiger partial charge on any atom is 0.253 e. The molecule has 0 saturated carbocycles. The highest BCUT2D eigenvalue weighted by Crippen LogP contribution is 2.19. The first-order valence-electron chi connectivity index (χ1n) is 9.59. The van der Waals surface area contributed by atoms with Gasteiger partial charge in [0.05, 0.1) is 7.11 Å². The highest BCUT2D eigenvalue weighted by Gasteiger charge is 2.20. The fraction of sp³-hybridized carbons (Fsp3) is 0.364. The Kier molecular flexibility index (Phi) is 6.66. The third kappa shape index (κ3) is 5.33. The van der Waals surface area contributed by atoms with E-state index in [2.05, 4.69) is 10.6 Å². The van der Waals surface area contributed by atoms with Crippen molar-refractivity contribution in [2.75, 3.05) is 25.5 Å². The maximum absolute atomic E-state index is 12.8. The summed E-state index contributed by atoms with van der Waals surface area (Å²) in [6, 6.07) is 13.5. The smallest absolute Gasteiger partial charge is 0.253 e. The third-order valence-corrected chi connectivity index (χ3v) is 4.77. The van der Waals surface area contributed by atoms with Crippen LogP contribution in [-0.4, -0.2) is 36.9 Å². The van der Waals surface area contributed by atoms with Gasteiger partial charge in [0.15, 0.2) is 0 Å². The van der Waals surface area contributed by atoms with Gasteiger partial charge < -0.3 is 20.3 Å². The molecule has 0 atom stereocenters. The van der Waals surface area contributed by atoms with E-state index in [1.54, 1.807) is 13.2 Å². The molecule has 1 fully saturated rings. The van der Waals surface area contributed by atoms with Crippen molar-refractivity contribution in [3.05, 3.63) is 59.2 Å². The lowest BCUT2D eigenvalue weighted by Crippen LogP contribution is -2.28. The number of likely N-dealkylation sites (tertiary alicyclic amines) is 1. The second-order valence-corrected chi connectivity index (χ2v) is 7.05. The molecule has 2 aromatic carbocycles. The van der Waals surface area contributed by atoms with Gasteiger partial charge in [-0.3, -0.25) is 9.59 Å². The number of carbonyl (C=O) groups is 2. The summed E-state index contributed by atoms with van der Waals surface area (Å²) < 4.78 is 5.17. The molecule has 1 saturated heterocycles. The Morgan fingerprint density at radius 1 is 1.00 bits per heavy atom. The molecule has 6 heteroatoms. The van der Waals surface area contributed by atoms with Gasteiger partial charge in [0.1, 0.15) is 5.75 Å². The molecule has 0 bridgehead atoms. The largest absolute Gasteiger partial charge is 0.497 e. The number of carbonyl (C=O) groups excluding carboxylic acids is 2. The van der Waals surface area contributed by atoms with E-state index >= 15 is 0 Å². The Labute approximate surface area is 165 Å². The summed E-state index contributed by atoms with van der Waals surface area (Å²) in [4.78, 5) is 26.1. The fourth-order valence-electron chi connectivity index (χ4n) is 3.39. The molecular weight excluding hydrogens is 354 g/mol. The van der Waals surface area contributed by atoms with Crippen molar-refractivity contribution in [3.63, 3.8) is 0 Å². The number of benzene rings is 2. The van der Waals surface area contributed by atoms with Crippen LogP contribution in [0.1, 0.15) is 41.3 Å². The van der Waals surface area contributed by atoms with Gasteiger partial charge in [-0.1, -0.05) is 12.1 Å². The first-order chi connectivity index (χ1) is 13.5. The first-order valence-corrected chi connectivity index (χ1v) is 9.59. The minimum Gasteiger partial charge on any atom is -0.497 e. The zero-order chi connectivity index (χ0) is 19.9. The Balaban J connectivity index is 1.69. The lowest BCUT2D eigenvalue weighted by molar-refractivity contribution is -0.114. The lowest BCUT2D eigenvalue weighted by Gasteiger charge is -2.17. The number of methoxy groups -OCH3 is 1. The van der Waals surface area contributed by atoms with E-state index in [4.69, 9.17) is 4.74 Å². The van der Waals surface area contributed by atoms with E-state index in [-0.39, 0.29) is 11.8 Å². The van der Waals surface area contributed by atoms with Gasteiger partial charge in [-0.25, -0.2) is 0 Å². The molecule has 2 amide bonds. The van der Waals surface area contributed by atoms with Gasteiger partial charge in [0, 0.05) is 44.4 Å². The predicted octanol–water partition coefficient (Wildman–Crippen LogP) is 3.18. The van der Waals surface area contributed by atoms with Crippen molar-refractivity contribution < 1.29 is 14.3 Å². The molecule has 3 rings (SSSR count). The van der Waals surface area contributed by atoms with E-state index in [0.717, 1.165) is 42.8 Å². The number of nitrogens with zero attached hydrogens (tertiary/aromatic N) is 1. The van der Waals surface area contributed by atoms with Crippen molar-refractivity contribution in [2.45, 2.75) is 32.9 Å². The van der Waals surface area contributed by atoms with Crippen LogP contribution in [0.2, 0.25) is 0 Å². The monoisotopic (exact) mass is 381 g/mol. The standard InChI is InChI=1S/C22H27N3O3/c1-16(26)24-20-12-18(11-19(13-20)22(27)25-9-3-4-10-25)15-23-14-17-5-7-21(28-2)8-6-17/h5-8,11-13,23H,3-4,9-10,14-15H2,1-2H3,(H,24,26). The Morgan fingerprint density at radius 3 is 2.32 bits per heavy atom. The highest BCUT2D eigenvalue weighted by molar-refractivity contribution is 5.97. The number of nitrogens with one attached hydrogen (secondary N) is 2. The summed E-state index contributed by atoms with van der Waals surface area (Å²) >= 11 is 0. The summed E-state index contributed by atoms with van der Waals surface area (Å²) in [7, 11) is 1.65. The number of hydrogen-bond donors (Lipinski definition) is 2. The molecule has 0 radical (unpaired) electrons. The van der Waals surface area contributed by atoms with Crippen LogP contribution in [0.4, 0.5) is 5.69 Å². The molecule has 1 aliphatic rings. The molecule has 148 valence electrons. The Bertz CT molecular complexity index is 827. The van der Waals surface area contributed by atoms with Crippen LogP contribution in [0.3, 0.4) is 0 Å². The van der Waals surface area contributed by atoms with Gasteiger partial charge in [0.2, 0.25) is 5.91 Å². The quantitative estimate of drug-likeness (QED) is 0.773. The normalized spacial score (nSPS) is 13.4. The summed E-state index contributed by atoms with van der Waals surface area (Å²) in [5.74, 6) is 0.709. The fourth-order valence-corrected chi connectivity index (χ4v) is 3.39. The zero-order valence-corrected chi connectivity index (χ0v) is 16.5. The molecule has 2 N–H and O–H groups in total. The van der Waals surface area contributed by atoms with E-state index in [1.807, 2.05) is 41.3 Å². The van der Waals surface area contributed by atoms with Crippen LogP contribution in [0.25, 0.3) is 0 Å². The van der Waals surface area contributed by atoms with Crippen LogP contribution < -0.4 is 15.4 Å². The van der Waals surface area contributed by atoms with Crippen molar-refractivity contribution in [3.8, 4) is 5.75 Å². The highest BCUT2D eigenvalue weighted by atomic mass is 16.5. The second kappa shape index (κ2) is 9.37. The average molecular weight is 381 g/mol. The Hall–Kier alpha value is -2.86. The van der Waals surface area contributed by atoms with Crippen molar-refractivity contribution in [1.29, 1.82) is 0 Å². The van der Waals surface area contributed by atoms with Gasteiger partial charge in [-0.15, -0.1) is 0 Å². The number of rotatable bonds is 7. The molecule has 2 aromatic rings. The van der Waals surface area contributed by atoms with Crippen LogP contribution >= 0.6 is 0 Å². The third-order valence-electron chi connectivity index (χ3n) is 4.77. The molecular formula is C22H27N3O3. The number of ether oxygens (including phenoxy) is 1.